The van der Waals surface area contributed by atoms with Crippen molar-refractivity contribution in [2.24, 2.45) is 0 Å². The van der Waals surface area contributed by atoms with E-state index >= 15 is 0 Å². The van der Waals surface area contributed by atoms with Gasteiger partial charge >= 0.3 is 11.9 Å². The number of ether oxygens (including phenoxy) is 4. The summed E-state index contributed by atoms with van der Waals surface area (Å²) in [6.45, 7) is 4.62. The Morgan fingerprint density at radius 2 is 0.600 bits per heavy atom. The molecule has 0 aromatic carbocycles. The SMILES string of the molecule is CC/C=C\C/C=C\C/C=C\C/C=C\C/C=C\C/C=C\C/C=C\C/C=C\C/C=C\CCCCCC(=O)OC(COC(=O)CCCCCCCCCCCCCCCCCCCCCCCCCCCCC/C=C\CCCCCCCCCC)COC(OCC[N+](C)(C)C)C(=O)[O-]. The van der Waals surface area contributed by atoms with Gasteiger partial charge in [0.05, 0.1) is 40.3 Å². The fourth-order valence-corrected chi connectivity index (χ4v) is 11.2. The zero-order valence-electron chi connectivity index (χ0n) is 62.5. The van der Waals surface area contributed by atoms with Gasteiger partial charge in [-0.25, -0.2) is 0 Å². The first kappa shape index (κ1) is 90.7. The van der Waals surface area contributed by atoms with Gasteiger partial charge in [-0.2, -0.15) is 0 Å². The van der Waals surface area contributed by atoms with Crippen LogP contribution in [0, 0.1) is 0 Å². The maximum absolute atomic E-state index is 12.9. The van der Waals surface area contributed by atoms with Crippen LogP contribution in [0.4, 0.5) is 0 Å². The number of allylic oxidation sites excluding steroid dienone is 20. The lowest BCUT2D eigenvalue weighted by molar-refractivity contribution is -0.870. The summed E-state index contributed by atoms with van der Waals surface area (Å²) in [6, 6.07) is 0. The minimum absolute atomic E-state index is 0.136. The first-order valence-electron chi connectivity index (χ1n) is 39.7. The van der Waals surface area contributed by atoms with Gasteiger partial charge in [-0.05, 0) is 109 Å². The molecule has 9 nitrogen and oxygen atoms in total. The predicted molar refractivity (Wildman–Crippen MR) is 407 cm³/mol. The van der Waals surface area contributed by atoms with Crippen LogP contribution in [-0.4, -0.2) is 82.3 Å². The summed E-state index contributed by atoms with van der Waals surface area (Å²) in [5, 5.41) is 11.8. The van der Waals surface area contributed by atoms with Crippen molar-refractivity contribution in [3.63, 3.8) is 0 Å². The Morgan fingerprint density at radius 1 is 0.326 bits per heavy atom. The van der Waals surface area contributed by atoms with Gasteiger partial charge in [-0.1, -0.05) is 347 Å². The second kappa shape index (κ2) is 75.5. The molecule has 0 fully saturated rings. The molecule has 546 valence electrons. The monoisotopic (exact) mass is 1320 g/mol. The zero-order valence-corrected chi connectivity index (χ0v) is 62.5. The third kappa shape index (κ3) is 76.9. The number of nitrogens with zero attached hydrogens (tertiary/aromatic N) is 1. The van der Waals surface area contributed by atoms with Crippen molar-refractivity contribution in [1.82, 2.24) is 0 Å². The summed E-state index contributed by atoms with van der Waals surface area (Å²) in [7, 11) is 5.92. The molecule has 9 heteroatoms. The number of carbonyl (C=O) groups is 3. The molecule has 0 saturated heterocycles. The highest BCUT2D eigenvalue weighted by molar-refractivity contribution is 5.70. The molecular formula is C86H149NO8. The average molecular weight is 1330 g/mol. The molecular weight excluding hydrogens is 1170 g/mol. The van der Waals surface area contributed by atoms with Crippen LogP contribution in [0.2, 0.25) is 0 Å². The van der Waals surface area contributed by atoms with Crippen molar-refractivity contribution < 1.29 is 42.9 Å². The molecule has 2 atom stereocenters. The van der Waals surface area contributed by atoms with Gasteiger partial charge in [0.2, 0.25) is 0 Å². The zero-order chi connectivity index (χ0) is 69.0. The molecule has 0 radical (unpaired) electrons. The molecule has 0 aliphatic heterocycles. The van der Waals surface area contributed by atoms with Gasteiger partial charge in [0.1, 0.15) is 13.2 Å². The van der Waals surface area contributed by atoms with Gasteiger partial charge in [0, 0.05) is 12.8 Å². The van der Waals surface area contributed by atoms with Gasteiger partial charge in [0.15, 0.2) is 12.4 Å². The molecule has 0 rings (SSSR count). The number of carboxylic acid groups (broad SMARTS) is 1. The van der Waals surface area contributed by atoms with E-state index < -0.39 is 24.3 Å². The second-order valence-electron chi connectivity index (χ2n) is 27.6. The Kier molecular flexibility index (Phi) is 72.0. The molecule has 0 aliphatic rings. The lowest BCUT2D eigenvalue weighted by atomic mass is 10.0. The number of carboxylic acids is 1. The van der Waals surface area contributed by atoms with E-state index in [1.54, 1.807) is 0 Å². The van der Waals surface area contributed by atoms with Crippen molar-refractivity contribution in [2.45, 2.75) is 360 Å². The highest BCUT2D eigenvalue weighted by Crippen LogP contribution is 2.18. The van der Waals surface area contributed by atoms with Gasteiger partial charge < -0.3 is 33.3 Å². The lowest BCUT2D eigenvalue weighted by Crippen LogP contribution is -2.44. The van der Waals surface area contributed by atoms with Crippen molar-refractivity contribution in [3.8, 4) is 0 Å². The number of hydrogen-bond acceptors (Lipinski definition) is 8. The Morgan fingerprint density at radius 3 is 0.916 bits per heavy atom. The normalized spacial score (nSPS) is 13.3. The average Bonchev–Trinajstić information content (AvgIpc) is 3.24. The van der Waals surface area contributed by atoms with E-state index in [0.717, 1.165) is 96.3 Å². The maximum Gasteiger partial charge on any atom is 0.306 e. The summed E-state index contributed by atoms with van der Waals surface area (Å²) >= 11 is 0. The second-order valence-corrected chi connectivity index (χ2v) is 27.6. The van der Waals surface area contributed by atoms with Crippen LogP contribution in [0.5, 0.6) is 0 Å². The molecule has 0 aromatic rings. The Hall–Kier alpha value is -4.31. The largest absolute Gasteiger partial charge is 0.545 e. The molecule has 0 bridgehead atoms. The number of quaternary nitrogens is 1. The Bertz CT molecular complexity index is 1980. The van der Waals surface area contributed by atoms with Crippen molar-refractivity contribution >= 4 is 17.9 Å². The van der Waals surface area contributed by atoms with E-state index in [4.69, 9.17) is 18.9 Å². The van der Waals surface area contributed by atoms with E-state index in [1.165, 1.54) is 218 Å². The van der Waals surface area contributed by atoms with Gasteiger partial charge in [-0.15, -0.1) is 0 Å². The van der Waals surface area contributed by atoms with Crippen LogP contribution >= 0.6 is 0 Å². The summed E-state index contributed by atoms with van der Waals surface area (Å²) in [4.78, 5) is 37.6. The van der Waals surface area contributed by atoms with Gasteiger partial charge in [-0.3, -0.25) is 9.59 Å². The minimum atomic E-state index is -1.64. The van der Waals surface area contributed by atoms with E-state index in [2.05, 4.69) is 135 Å². The summed E-state index contributed by atoms with van der Waals surface area (Å²) in [5.74, 6) is -2.32. The highest BCUT2D eigenvalue weighted by atomic mass is 16.7. The Labute approximate surface area is 587 Å². The lowest BCUT2D eigenvalue weighted by Gasteiger charge is -2.26. The van der Waals surface area contributed by atoms with Crippen LogP contribution in [-0.2, 0) is 33.3 Å². The van der Waals surface area contributed by atoms with E-state index in [-0.39, 0.29) is 38.6 Å². The van der Waals surface area contributed by atoms with E-state index in [1.807, 2.05) is 21.1 Å². The predicted octanol–water partition coefficient (Wildman–Crippen LogP) is 24.1. The fraction of sp³-hybridized carbons (Fsp3) is 0.733. The third-order valence-electron chi connectivity index (χ3n) is 17.2. The molecule has 0 spiro atoms. The van der Waals surface area contributed by atoms with Gasteiger partial charge in [0.25, 0.3) is 0 Å². The number of likely N-dealkylation sites (N-methyl/N-ethyl adjacent to an activating group) is 1. The number of aliphatic carboxylic acids is 1. The number of rotatable bonds is 73. The summed E-state index contributed by atoms with van der Waals surface area (Å²) in [6.07, 6.45) is 105. The molecule has 2 unspecified atom stereocenters. The standard InChI is InChI=1S/C86H149NO8/c1-6-8-10-12-14-16-18-20-22-24-26-28-30-32-34-36-38-39-40-41-42-43-44-45-47-48-50-52-54-56-58-60-62-64-66-68-70-72-74-76-83(88)93-80-82(81-94-86(85(90)91)92-79-78-87(3,4)5)95-84(89)77-75-73-71-69-67-65-63-61-59-57-55-53-51-49-46-37-35-33-31-29-27-25-23-21-19-17-15-13-11-9-7-2/h9,11,15,17,21,23-24,26-27,29,33,35,46,49,53,55,59,61,65,67,82,86H,6-8,10,12-14,16,18-20,22,25,28,30-32,34,36-45,47-48,50-52,54,56-58,60,62-64,66,68-81H2,1-5H3/b11-9-,17-15-,23-21-,26-24-,29-27-,35-33-,49-46-,55-53-,61-59-,67-65-. The van der Waals surface area contributed by atoms with Crippen molar-refractivity contribution in [3.05, 3.63) is 122 Å². The third-order valence-corrected chi connectivity index (χ3v) is 17.2. The Balaban J connectivity index is 4.07. The molecule has 0 aromatic heterocycles. The summed E-state index contributed by atoms with van der Waals surface area (Å²) in [5.41, 5.74) is 0. The molecule has 0 saturated carbocycles. The van der Waals surface area contributed by atoms with Crippen molar-refractivity contribution in [1.29, 1.82) is 0 Å². The van der Waals surface area contributed by atoms with Crippen molar-refractivity contribution in [2.75, 3.05) is 47.5 Å². The minimum Gasteiger partial charge on any atom is -0.545 e. The number of hydrogen-bond donors (Lipinski definition) is 0. The van der Waals surface area contributed by atoms with E-state index in [9.17, 15) is 19.5 Å². The number of esters is 2. The van der Waals surface area contributed by atoms with Crippen LogP contribution in [0.25, 0.3) is 0 Å². The van der Waals surface area contributed by atoms with Crippen LogP contribution in [0.3, 0.4) is 0 Å². The molecule has 0 amide bonds. The maximum atomic E-state index is 12.9. The quantitative estimate of drug-likeness (QED) is 0.0195. The molecule has 95 heavy (non-hydrogen) atoms. The van der Waals surface area contributed by atoms with E-state index in [0.29, 0.717) is 17.4 Å². The first-order valence-corrected chi connectivity index (χ1v) is 39.7. The highest BCUT2D eigenvalue weighted by Gasteiger charge is 2.22. The smallest absolute Gasteiger partial charge is 0.306 e. The number of carbonyl (C=O) groups excluding carboxylic acids is 3. The topological polar surface area (TPSA) is 111 Å². The van der Waals surface area contributed by atoms with Crippen LogP contribution < -0.4 is 5.11 Å². The van der Waals surface area contributed by atoms with Crippen LogP contribution in [0.1, 0.15) is 348 Å². The number of unbranched alkanes of at least 4 members (excludes halogenated alkanes) is 38. The van der Waals surface area contributed by atoms with Crippen LogP contribution in [0.15, 0.2) is 122 Å². The summed E-state index contributed by atoms with van der Waals surface area (Å²) < 4.78 is 22.8. The molecule has 0 aliphatic carbocycles. The molecule has 0 heterocycles. The molecule has 0 N–H and O–H groups in total. The fourth-order valence-electron chi connectivity index (χ4n) is 11.2. The first-order chi connectivity index (χ1) is 46.6.